The molecular weight excluding hydrogens is 379 g/mol. The number of benzene rings is 1. The molecule has 3 N–H and O–H groups in total. The SMILES string of the molecule is CCCNC(=O)CNC(=NC)NC(C)c1ccccc1.I. The summed E-state index contributed by atoms with van der Waals surface area (Å²) < 4.78 is 0. The molecule has 21 heavy (non-hydrogen) atoms. The van der Waals surface area contributed by atoms with Crippen LogP contribution in [0.2, 0.25) is 0 Å². The van der Waals surface area contributed by atoms with Crippen LogP contribution < -0.4 is 16.0 Å². The molecule has 0 saturated carbocycles. The number of rotatable bonds is 6. The van der Waals surface area contributed by atoms with Crippen molar-refractivity contribution in [2.45, 2.75) is 26.3 Å². The van der Waals surface area contributed by atoms with Gasteiger partial charge in [0.2, 0.25) is 5.91 Å². The molecule has 0 aliphatic heterocycles. The van der Waals surface area contributed by atoms with Crippen LogP contribution >= 0.6 is 24.0 Å². The summed E-state index contributed by atoms with van der Waals surface area (Å²) >= 11 is 0. The average molecular weight is 404 g/mol. The van der Waals surface area contributed by atoms with Crippen LogP contribution in [0, 0.1) is 0 Å². The second kappa shape index (κ2) is 11.4. The van der Waals surface area contributed by atoms with E-state index in [0.717, 1.165) is 6.42 Å². The minimum Gasteiger partial charge on any atom is -0.355 e. The smallest absolute Gasteiger partial charge is 0.239 e. The van der Waals surface area contributed by atoms with Gasteiger partial charge in [0.1, 0.15) is 0 Å². The average Bonchev–Trinajstić information content (AvgIpc) is 2.49. The van der Waals surface area contributed by atoms with Gasteiger partial charge >= 0.3 is 0 Å². The summed E-state index contributed by atoms with van der Waals surface area (Å²) in [5.74, 6) is 0.593. The maximum atomic E-state index is 11.5. The van der Waals surface area contributed by atoms with Gasteiger partial charge < -0.3 is 16.0 Å². The third kappa shape index (κ3) is 7.89. The highest BCUT2D eigenvalue weighted by Gasteiger charge is 2.08. The number of amides is 1. The number of hydrogen-bond donors (Lipinski definition) is 3. The Morgan fingerprint density at radius 3 is 2.48 bits per heavy atom. The molecule has 0 aromatic heterocycles. The standard InChI is InChI=1S/C15H24N4O.HI/c1-4-10-17-14(20)11-18-15(16-3)19-12(2)13-8-6-5-7-9-13;/h5-9,12H,4,10-11H2,1-3H3,(H,17,20)(H2,16,18,19);1H. The summed E-state index contributed by atoms with van der Waals surface area (Å²) in [6.45, 7) is 5.00. The largest absolute Gasteiger partial charge is 0.355 e. The predicted octanol–water partition coefficient (Wildman–Crippen LogP) is 2.06. The first kappa shape index (κ1) is 19.7. The Morgan fingerprint density at radius 1 is 1.24 bits per heavy atom. The quantitative estimate of drug-likeness (QED) is 0.386. The number of aliphatic imine (C=N–C) groups is 1. The highest BCUT2D eigenvalue weighted by molar-refractivity contribution is 14.0. The summed E-state index contributed by atoms with van der Waals surface area (Å²) in [6.07, 6.45) is 0.934. The molecular formula is C15H25IN4O. The normalized spacial score (nSPS) is 12.0. The first-order chi connectivity index (χ1) is 9.67. The Labute approximate surface area is 144 Å². The van der Waals surface area contributed by atoms with E-state index in [1.165, 1.54) is 5.56 Å². The molecule has 118 valence electrons. The molecule has 1 atom stereocenters. The summed E-state index contributed by atoms with van der Waals surface area (Å²) in [6, 6.07) is 10.2. The lowest BCUT2D eigenvalue weighted by Crippen LogP contribution is -2.44. The molecule has 1 rings (SSSR count). The molecule has 0 heterocycles. The fourth-order valence-corrected chi connectivity index (χ4v) is 1.72. The van der Waals surface area contributed by atoms with E-state index in [-0.39, 0.29) is 42.5 Å². The maximum Gasteiger partial charge on any atom is 0.239 e. The van der Waals surface area contributed by atoms with Crippen LogP contribution in [-0.4, -0.2) is 32.0 Å². The van der Waals surface area contributed by atoms with Gasteiger partial charge in [-0.15, -0.1) is 24.0 Å². The van der Waals surface area contributed by atoms with Crippen LogP contribution in [0.3, 0.4) is 0 Å². The first-order valence-electron chi connectivity index (χ1n) is 6.96. The lowest BCUT2D eigenvalue weighted by molar-refractivity contribution is -0.120. The van der Waals surface area contributed by atoms with Crippen LogP contribution in [0.4, 0.5) is 0 Å². The minimum absolute atomic E-state index is 0. The molecule has 1 amide bonds. The second-order valence-corrected chi connectivity index (χ2v) is 4.55. The molecule has 0 aliphatic carbocycles. The van der Waals surface area contributed by atoms with Crippen LogP contribution in [0.5, 0.6) is 0 Å². The zero-order valence-electron chi connectivity index (χ0n) is 12.8. The Hall–Kier alpha value is -1.31. The Morgan fingerprint density at radius 2 is 1.90 bits per heavy atom. The monoisotopic (exact) mass is 404 g/mol. The number of carbonyl (C=O) groups is 1. The van der Waals surface area contributed by atoms with Crippen molar-refractivity contribution in [1.29, 1.82) is 0 Å². The summed E-state index contributed by atoms with van der Waals surface area (Å²) in [5.41, 5.74) is 1.17. The van der Waals surface area contributed by atoms with Crippen molar-refractivity contribution in [2.75, 3.05) is 20.1 Å². The van der Waals surface area contributed by atoms with Crippen molar-refractivity contribution in [3.05, 3.63) is 35.9 Å². The predicted molar refractivity (Wildman–Crippen MR) is 98.1 cm³/mol. The minimum atomic E-state index is -0.0258. The zero-order valence-corrected chi connectivity index (χ0v) is 15.2. The molecule has 0 spiro atoms. The molecule has 0 aliphatic rings. The van der Waals surface area contributed by atoms with E-state index >= 15 is 0 Å². The van der Waals surface area contributed by atoms with Crippen LogP contribution in [-0.2, 0) is 4.79 Å². The zero-order chi connectivity index (χ0) is 14.8. The lowest BCUT2D eigenvalue weighted by atomic mass is 10.1. The van der Waals surface area contributed by atoms with E-state index in [2.05, 4.69) is 40.0 Å². The number of hydrogen-bond acceptors (Lipinski definition) is 2. The van der Waals surface area contributed by atoms with Crippen molar-refractivity contribution < 1.29 is 4.79 Å². The fraction of sp³-hybridized carbons (Fsp3) is 0.467. The maximum absolute atomic E-state index is 11.5. The van der Waals surface area contributed by atoms with Gasteiger partial charge in [0.15, 0.2) is 5.96 Å². The number of nitrogens with zero attached hydrogens (tertiary/aromatic N) is 1. The third-order valence-corrected chi connectivity index (χ3v) is 2.86. The van der Waals surface area contributed by atoms with E-state index in [4.69, 9.17) is 0 Å². The van der Waals surface area contributed by atoms with Crippen molar-refractivity contribution in [3.8, 4) is 0 Å². The van der Waals surface area contributed by atoms with Crippen LogP contribution in [0.15, 0.2) is 35.3 Å². The number of nitrogens with one attached hydrogen (secondary N) is 3. The molecule has 1 aromatic carbocycles. The van der Waals surface area contributed by atoms with Gasteiger partial charge in [0.25, 0.3) is 0 Å². The topological polar surface area (TPSA) is 65.5 Å². The molecule has 6 heteroatoms. The number of guanidine groups is 1. The van der Waals surface area contributed by atoms with Gasteiger partial charge in [-0.3, -0.25) is 9.79 Å². The lowest BCUT2D eigenvalue weighted by Gasteiger charge is -2.18. The first-order valence-corrected chi connectivity index (χ1v) is 6.96. The van der Waals surface area contributed by atoms with E-state index in [1.807, 2.05) is 25.1 Å². The summed E-state index contributed by atoms with van der Waals surface area (Å²) in [5, 5.41) is 9.07. The molecule has 1 aromatic rings. The van der Waals surface area contributed by atoms with Crippen molar-refractivity contribution in [2.24, 2.45) is 4.99 Å². The van der Waals surface area contributed by atoms with Crippen molar-refractivity contribution in [3.63, 3.8) is 0 Å². The van der Waals surface area contributed by atoms with Gasteiger partial charge in [0.05, 0.1) is 12.6 Å². The van der Waals surface area contributed by atoms with Gasteiger partial charge in [-0.1, -0.05) is 37.3 Å². The second-order valence-electron chi connectivity index (χ2n) is 4.55. The Kier molecular flexibility index (Phi) is 10.7. The Bertz CT molecular complexity index is 437. The van der Waals surface area contributed by atoms with Gasteiger partial charge in [-0.05, 0) is 18.9 Å². The number of carbonyl (C=O) groups excluding carboxylic acids is 1. The van der Waals surface area contributed by atoms with Gasteiger partial charge in [0, 0.05) is 13.6 Å². The van der Waals surface area contributed by atoms with Gasteiger partial charge in [-0.25, -0.2) is 0 Å². The van der Waals surface area contributed by atoms with Crippen LogP contribution in [0.25, 0.3) is 0 Å². The van der Waals surface area contributed by atoms with E-state index in [0.29, 0.717) is 12.5 Å². The Balaban J connectivity index is 0.00000400. The molecule has 0 radical (unpaired) electrons. The fourth-order valence-electron chi connectivity index (χ4n) is 1.72. The number of halogens is 1. The summed E-state index contributed by atoms with van der Waals surface area (Å²) in [7, 11) is 1.69. The molecule has 5 nitrogen and oxygen atoms in total. The molecule has 0 saturated heterocycles. The molecule has 0 fully saturated rings. The third-order valence-electron chi connectivity index (χ3n) is 2.86. The molecule has 1 unspecified atom stereocenters. The highest BCUT2D eigenvalue weighted by Crippen LogP contribution is 2.10. The van der Waals surface area contributed by atoms with Crippen molar-refractivity contribution >= 4 is 35.8 Å². The van der Waals surface area contributed by atoms with Gasteiger partial charge in [-0.2, -0.15) is 0 Å². The summed E-state index contributed by atoms with van der Waals surface area (Å²) in [4.78, 5) is 15.6. The highest BCUT2D eigenvalue weighted by atomic mass is 127. The van der Waals surface area contributed by atoms with E-state index < -0.39 is 0 Å². The van der Waals surface area contributed by atoms with Crippen LogP contribution in [0.1, 0.15) is 31.9 Å². The molecule has 0 bridgehead atoms. The van der Waals surface area contributed by atoms with E-state index in [9.17, 15) is 4.79 Å². The van der Waals surface area contributed by atoms with Crippen molar-refractivity contribution in [1.82, 2.24) is 16.0 Å². The van der Waals surface area contributed by atoms with E-state index in [1.54, 1.807) is 7.05 Å².